The summed E-state index contributed by atoms with van der Waals surface area (Å²) in [6.07, 6.45) is 2.00. The summed E-state index contributed by atoms with van der Waals surface area (Å²) in [4.78, 5) is 22.5. The van der Waals surface area contributed by atoms with Crippen LogP contribution >= 0.6 is 0 Å². The smallest absolute Gasteiger partial charge is 0.270 e. The highest BCUT2D eigenvalue weighted by Gasteiger charge is 2.11. The lowest BCUT2D eigenvalue weighted by atomic mass is 10.1. The maximum Gasteiger partial charge on any atom is 0.270 e. The minimum atomic E-state index is -0.270. The van der Waals surface area contributed by atoms with Crippen molar-refractivity contribution in [2.75, 3.05) is 18.5 Å². The van der Waals surface area contributed by atoms with E-state index in [1.165, 1.54) is 18.5 Å². The molecule has 2 aromatic carbocycles. The lowest BCUT2D eigenvalue weighted by molar-refractivity contribution is 0.0949. The molecule has 3 aromatic rings. The van der Waals surface area contributed by atoms with E-state index in [0.29, 0.717) is 24.5 Å². The zero-order chi connectivity index (χ0) is 18.4. The fourth-order valence-corrected chi connectivity index (χ4v) is 2.50. The number of carbonyl (C=O) groups excluding carboxylic acids is 1. The number of para-hydroxylation sites is 1. The number of hydrogen-bond donors (Lipinski definition) is 1. The molecule has 0 spiro atoms. The van der Waals surface area contributed by atoms with Gasteiger partial charge in [-0.25, -0.2) is 14.4 Å². The van der Waals surface area contributed by atoms with Crippen molar-refractivity contribution in [3.05, 3.63) is 84.1 Å². The molecular weight excluding hydrogens is 331 g/mol. The zero-order valence-corrected chi connectivity index (χ0v) is 14.4. The highest BCUT2D eigenvalue weighted by Crippen LogP contribution is 2.20. The van der Waals surface area contributed by atoms with Gasteiger partial charge in [-0.3, -0.25) is 4.79 Å². The average molecular weight is 350 g/mol. The van der Waals surface area contributed by atoms with Crippen molar-refractivity contribution in [1.82, 2.24) is 15.3 Å². The van der Waals surface area contributed by atoms with Crippen LogP contribution in [0.4, 0.5) is 15.9 Å². The first-order valence-electron chi connectivity index (χ1n) is 8.27. The van der Waals surface area contributed by atoms with E-state index in [9.17, 15) is 9.18 Å². The fraction of sp³-hybridized carbons (Fsp3) is 0.150. The Labute approximate surface area is 151 Å². The fourth-order valence-electron chi connectivity index (χ4n) is 2.50. The third-order valence-electron chi connectivity index (χ3n) is 3.98. The van der Waals surface area contributed by atoms with Crippen molar-refractivity contribution >= 4 is 17.4 Å². The number of carbonyl (C=O) groups is 1. The van der Waals surface area contributed by atoms with Crippen LogP contribution < -0.4 is 10.2 Å². The van der Waals surface area contributed by atoms with Gasteiger partial charge in [-0.05, 0) is 36.2 Å². The van der Waals surface area contributed by atoms with Crippen molar-refractivity contribution < 1.29 is 9.18 Å². The Kier molecular flexibility index (Phi) is 5.53. The molecule has 5 nitrogen and oxygen atoms in total. The second kappa shape index (κ2) is 8.20. The van der Waals surface area contributed by atoms with E-state index in [2.05, 4.69) is 15.3 Å². The van der Waals surface area contributed by atoms with Gasteiger partial charge >= 0.3 is 0 Å². The summed E-state index contributed by atoms with van der Waals surface area (Å²) in [5.41, 5.74) is 2.23. The first-order chi connectivity index (χ1) is 12.6. The van der Waals surface area contributed by atoms with Gasteiger partial charge in [0, 0.05) is 25.3 Å². The van der Waals surface area contributed by atoms with Crippen LogP contribution in [0.2, 0.25) is 0 Å². The molecule has 1 amide bonds. The summed E-state index contributed by atoms with van der Waals surface area (Å²) < 4.78 is 12.9. The average Bonchev–Trinajstić information content (AvgIpc) is 2.69. The Bertz CT molecular complexity index is 868. The molecule has 0 saturated heterocycles. The number of hydrogen-bond acceptors (Lipinski definition) is 4. The van der Waals surface area contributed by atoms with E-state index < -0.39 is 0 Å². The van der Waals surface area contributed by atoms with Crippen molar-refractivity contribution in [3.63, 3.8) is 0 Å². The van der Waals surface area contributed by atoms with Crippen molar-refractivity contribution in [2.45, 2.75) is 6.42 Å². The number of benzene rings is 2. The first-order valence-corrected chi connectivity index (χ1v) is 8.27. The molecule has 0 aliphatic heterocycles. The number of rotatable bonds is 6. The molecule has 26 heavy (non-hydrogen) atoms. The topological polar surface area (TPSA) is 58.1 Å². The van der Waals surface area contributed by atoms with Gasteiger partial charge in [-0.1, -0.05) is 30.3 Å². The molecule has 1 heterocycles. The van der Waals surface area contributed by atoms with Crippen molar-refractivity contribution in [1.29, 1.82) is 0 Å². The molecule has 0 fully saturated rings. The Morgan fingerprint density at radius 2 is 1.81 bits per heavy atom. The number of nitrogens with zero attached hydrogens (tertiary/aromatic N) is 3. The van der Waals surface area contributed by atoms with E-state index in [1.54, 1.807) is 18.2 Å². The second-order valence-electron chi connectivity index (χ2n) is 5.79. The van der Waals surface area contributed by atoms with Crippen LogP contribution in [0.3, 0.4) is 0 Å². The van der Waals surface area contributed by atoms with E-state index in [1.807, 2.05) is 42.3 Å². The number of anilines is 2. The van der Waals surface area contributed by atoms with E-state index in [0.717, 1.165) is 11.3 Å². The Hall–Kier alpha value is -3.28. The molecule has 0 bridgehead atoms. The van der Waals surface area contributed by atoms with Gasteiger partial charge < -0.3 is 10.2 Å². The molecule has 1 aromatic heterocycles. The Balaban J connectivity index is 1.62. The van der Waals surface area contributed by atoms with Crippen molar-refractivity contribution in [3.8, 4) is 0 Å². The van der Waals surface area contributed by atoms with Crippen LogP contribution in [-0.4, -0.2) is 29.5 Å². The largest absolute Gasteiger partial charge is 0.350 e. The van der Waals surface area contributed by atoms with Gasteiger partial charge in [0.25, 0.3) is 5.91 Å². The van der Waals surface area contributed by atoms with Crippen LogP contribution in [0, 0.1) is 5.82 Å². The van der Waals surface area contributed by atoms with Crippen LogP contribution in [0.1, 0.15) is 16.1 Å². The van der Waals surface area contributed by atoms with Gasteiger partial charge in [0.05, 0.1) is 0 Å². The van der Waals surface area contributed by atoms with Crippen LogP contribution in [0.25, 0.3) is 0 Å². The van der Waals surface area contributed by atoms with Gasteiger partial charge in [0.2, 0.25) is 0 Å². The van der Waals surface area contributed by atoms with Gasteiger partial charge in [-0.15, -0.1) is 0 Å². The lowest BCUT2D eigenvalue weighted by Gasteiger charge is -2.18. The third kappa shape index (κ3) is 4.42. The number of amides is 1. The molecule has 0 atom stereocenters. The summed E-state index contributed by atoms with van der Waals surface area (Å²) in [5.74, 6) is 0.0981. The quantitative estimate of drug-likeness (QED) is 0.741. The summed E-state index contributed by atoms with van der Waals surface area (Å²) in [7, 11) is 1.88. The number of halogens is 1. The van der Waals surface area contributed by atoms with Gasteiger partial charge in [0.15, 0.2) is 0 Å². The normalized spacial score (nSPS) is 10.4. The van der Waals surface area contributed by atoms with E-state index >= 15 is 0 Å². The predicted molar refractivity (Wildman–Crippen MR) is 99.0 cm³/mol. The summed E-state index contributed by atoms with van der Waals surface area (Å²) in [6.45, 7) is 0.443. The monoisotopic (exact) mass is 350 g/mol. The number of nitrogens with one attached hydrogen (secondary N) is 1. The second-order valence-corrected chi connectivity index (χ2v) is 5.79. The lowest BCUT2D eigenvalue weighted by Crippen LogP contribution is -2.27. The molecule has 3 rings (SSSR count). The van der Waals surface area contributed by atoms with Gasteiger partial charge in [0.1, 0.15) is 23.7 Å². The molecule has 1 N–H and O–H groups in total. The van der Waals surface area contributed by atoms with Crippen LogP contribution in [0.15, 0.2) is 67.0 Å². The summed E-state index contributed by atoms with van der Waals surface area (Å²) in [6, 6.07) is 17.6. The van der Waals surface area contributed by atoms with Gasteiger partial charge in [-0.2, -0.15) is 0 Å². The molecule has 0 unspecified atom stereocenters. The predicted octanol–water partition coefficient (Wildman–Crippen LogP) is 3.36. The Morgan fingerprint density at radius 3 is 2.54 bits per heavy atom. The highest BCUT2D eigenvalue weighted by atomic mass is 19.1. The molecule has 0 radical (unpaired) electrons. The van der Waals surface area contributed by atoms with E-state index in [-0.39, 0.29) is 11.7 Å². The maximum absolute atomic E-state index is 12.9. The third-order valence-corrected chi connectivity index (χ3v) is 3.98. The zero-order valence-electron chi connectivity index (χ0n) is 14.4. The Morgan fingerprint density at radius 1 is 1.08 bits per heavy atom. The molecule has 0 aliphatic rings. The molecule has 6 heteroatoms. The molecule has 0 saturated carbocycles. The van der Waals surface area contributed by atoms with Crippen molar-refractivity contribution in [2.24, 2.45) is 0 Å². The summed E-state index contributed by atoms with van der Waals surface area (Å²) in [5, 5.41) is 2.83. The van der Waals surface area contributed by atoms with E-state index in [4.69, 9.17) is 0 Å². The standard InChI is InChI=1S/C20H19FN4O/c1-25(17-5-3-2-4-6-17)19-13-18(23-14-24-19)20(26)22-12-11-15-7-9-16(21)10-8-15/h2-10,13-14H,11-12H2,1H3,(H,22,26). The molecule has 0 aliphatic carbocycles. The minimum absolute atomic E-state index is 0.266. The summed E-state index contributed by atoms with van der Waals surface area (Å²) >= 11 is 0. The highest BCUT2D eigenvalue weighted by molar-refractivity contribution is 5.93. The van der Waals surface area contributed by atoms with Crippen LogP contribution in [-0.2, 0) is 6.42 Å². The van der Waals surface area contributed by atoms with Crippen LogP contribution in [0.5, 0.6) is 0 Å². The molecular formula is C20H19FN4O. The minimum Gasteiger partial charge on any atom is -0.350 e. The first kappa shape index (κ1) is 17.5. The SMILES string of the molecule is CN(c1ccccc1)c1cc(C(=O)NCCc2ccc(F)cc2)ncn1. The maximum atomic E-state index is 12.9. The molecule has 132 valence electrons. The number of aromatic nitrogens is 2.